The fraction of sp³-hybridized carbons (Fsp3) is 0.467. The Bertz CT molecular complexity index is 392. The second kappa shape index (κ2) is 5.85. The molecule has 2 N–H and O–H groups in total. The molecule has 0 bridgehead atoms. The van der Waals surface area contributed by atoms with Crippen LogP contribution in [0, 0.1) is 11.7 Å². The average molecular weight is 233 g/mol. The Labute approximate surface area is 103 Å². The van der Waals surface area contributed by atoms with Crippen LogP contribution in [0.4, 0.5) is 10.1 Å². The van der Waals surface area contributed by atoms with Gasteiger partial charge >= 0.3 is 0 Å². The lowest BCUT2D eigenvalue weighted by Gasteiger charge is -2.19. The zero-order valence-electron chi connectivity index (χ0n) is 10.2. The largest absolute Gasteiger partial charge is 0.396 e. The van der Waals surface area contributed by atoms with Gasteiger partial charge in [-0.15, -0.1) is 0 Å². The molecule has 0 unspecified atom stereocenters. The topological polar surface area (TPSA) is 26.0 Å². The number of hydrogen-bond acceptors (Lipinski definition) is 1. The van der Waals surface area contributed by atoms with E-state index in [2.05, 4.69) is 6.08 Å². The van der Waals surface area contributed by atoms with E-state index in [1.54, 1.807) is 6.07 Å². The molecule has 2 rings (SSSR count). The van der Waals surface area contributed by atoms with E-state index in [4.69, 9.17) is 5.73 Å². The summed E-state index contributed by atoms with van der Waals surface area (Å²) in [5, 5.41) is 0. The van der Waals surface area contributed by atoms with Gasteiger partial charge in [0.25, 0.3) is 0 Å². The Morgan fingerprint density at radius 3 is 2.71 bits per heavy atom. The van der Waals surface area contributed by atoms with Crippen LogP contribution in [0.5, 0.6) is 0 Å². The number of halogens is 1. The minimum absolute atomic E-state index is 0.217. The van der Waals surface area contributed by atoms with Crippen LogP contribution in [0.2, 0.25) is 0 Å². The highest BCUT2D eigenvalue weighted by molar-refractivity contribution is 5.54. The zero-order valence-corrected chi connectivity index (χ0v) is 10.2. The van der Waals surface area contributed by atoms with Crippen LogP contribution in [0.1, 0.15) is 44.1 Å². The first-order chi connectivity index (χ1) is 8.25. The van der Waals surface area contributed by atoms with E-state index >= 15 is 0 Å². The molecule has 0 spiro atoms. The van der Waals surface area contributed by atoms with Gasteiger partial charge in [-0.3, -0.25) is 0 Å². The van der Waals surface area contributed by atoms with E-state index in [0.29, 0.717) is 0 Å². The highest BCUT2D eigenvalue weighted by Gasteiger charge is 2.11. The number of nitrogens with two attached hydrogens (primary N) is 1. The Morgan fingerprint density at radius 2 is 2.00 bits per heavy atom. The summed E-state index contributed by atoms with van der Waals surface area (Å²) < 4.78 is 13.2. The van der Waals surface area contributed by atoms with Gasteiger partial charge in [-0.05, 0) is 30.0 Å². The van der Waals surface area contributed by atoms with E-state index in [1.807, 2.05) is 12.1 Å². The second-order valence-electron chi connectivity index (χ2n) is 4.92. The van der Waals surface area contributed by atoms with Crippen molar-refractivity contribution in [1.82, 2.24) is 0 Å². The van der Waals surface area contributed by atoms with Crippen molar-refractivity contribution < 1.29 is 4.39 Å². The number of rotatable bonds is 3. The predicted octanol–water partition coefficient (Wildman–Crippen LogP) is 4.39. The molecule has 1 aliphatic carbocycles. The third-order valence-electron chi connectivity index (χ3n) is 3.53. The van der Waals surface area contributed by atoms with E-state index < -0.39 is 0 Å². The minimum atomic E-state index is -0.329. The van der Waals surface area contributed by atoms with E-state index in [-0.39, 0.29) is 11.5 Å². The first kappa shape index (κ1) is 12.2. The summed E-state index contributed by atoms with van der Waals surface area (Å²) >= 11 is 0. The third-order valence-corrected chi connectivity index (χ3v) is 3.53. The van der Waals surface area contributed by atoms with Crippen LogP contribution in [-0.4, -0.2) is 0 Å². The van der Waals surface area contributed by atoms with Gasteiger partial charge in [-0.1, -0.05) is 50.3 Å². The lowest BCUT2D eigenvalue weighted by Crippen LogP contribution is -2.04. The van der Waals surface area contributed by atoms with Crippen molar-refractivity contribution in [2.75, 3.05) is 5.73 Å². The summed E-state index contributed by atoms with van der Waals surface area (Å²) in [7, 11) is 0. The van der Waals surface area contributed by atoms with Gasteiger partial charge in [0.1, 0.15) is 5.82 Å². The molecule has 1 nitrogen and oxygen atoms in total. The molecule has 0 aromatic heterocycles. The number of benzene rings is 1. The van der Waals surface area contributed by atoms with E-state index in [1.165, 1.54) is 38.2 Å². The molecule has 1 aromatic rings. The van der Waals surface area contributed by atoms with Crippen molar-refractivity contribution in [2.45, 2.75) is 38.5 Å². The summed E-state index contributed by atoms with van der Waals surface area (Å²) in [6.45, 7) is 0. The smallest absolute Gasteiger partial charge is 0.146 e. The second-order valence-corrected chi connectivity index (χ2v) is 4.92. The highest BCUT2D eigenvalue weighted by atomic mass is 19.1. The molecule has 0 radical (unpaired) electrons. The number of nitrogen functional groups attached to an aromatic ring is 1. The summed E-state index contributed by atoms with van der Waals surface area (Å²) in [6.07, 6.45) is 12.1. The summed E-state index contributed by atoms with van der Waals surface area (Å²) in [5.41, 5.74) is 6.55. The SMILES string of the molecule is Nc1ccc(C=CCC2CCCCC2)cc1F. The summed E-state index contributed by atoms with van der Waals surface area (Å²) in [6, 6.07) is 4.97. The van der Waals surface area contributed by atoms with Gasteiger partial charge in [-0.2, -0.15) is 0 Å². The standard InChI is InChI=1S/C15H20FN/c16-14-11-13(9-10-15(14)17)8-4-7-12-5-2-1-3-6-12/h4,8-12H,1-3,5-7,17H2. The maximum atomic E-state index is 13.2. The third kappa shape index (κ3) is 3.58. The molecule has 0 saturated heterocycles. The average Bonchev–Trinajstić information content (AvgIpc) is 2.35. The number of allylic oxidation sites excluding steroid dienone is 1. The molecule has 1 aliphatic rings. The first-order valence-electron chi connectivity index (χ1n) is 6.47. The first-order valence-corrected chi connectivity index (χ1v) is 6.47. The van der Waals surface area contributed by atoms with Crippen LogP contribution in [0.25, 0.3) is 6.08 Å². The fourth-order valence-corrected chi connectivity index (χ4v) is 2.47. The molecule has 0 atom stereocenters. The van der Waals surface area contributed by atoms with Crippen molar-refractivity contribution in [3.05, 3.63) is 35.7 Å². The molecular formula is C15H20FN. The van der Waals surface area contributed by atoms with Gasteiger partial charge in [-0.25, -0.2) is 4.39 Å². The molecule has 0 heterocycles. The monoisotopic (exact) mass is 233 g/mol. The predicted molar refractivity (Wildman–Crippen MR) is 71.0 cm³/mol. The van der Waals surface area contributed by atoms with E-state index in [0.717, 1.165) is 17.9 Å². The van der Waals surface area contributed by atoms with Crippen molar-refractivity contribution in [2.24, 2.45) is 5.92 Å². The molecular weight excluding hydrogens is 213 g/mol. The summed E-state index contributed by atoms with van der Waals surface area (Å²) in [5.74, 6) is 0.503. The Balaban J connectivity index is 1.88. The van der Waals surface area contributed by atoms with Gasteiger partial charge in [0, 0.05) is 0 Å². The molecule has 0 aliphatic heterocycles. The normalized spacial score (nSPS) is 17.7. The van der Waals surface area contributed by atoms with Gasteiger partial charge < -0.3 is 5.73 Å². The van der Waals surface area contributed by atoms with Crippen LogP contribution >= 0.6 is 0 Å². The number of hydrogen-bond donors (Lipinski definition) is 1. The molecule has 1 aromatic carbocycles. The maximum absolute atomic E-state index is 13.2. The van der Waals surface area contributed by atoms with Crippen molar-refractivity contribution in [1.29, 1.82) is 0 Å². The fourth-order valence-electron chi connectivity index (χ4n) is 2.47. The van der Waals surface area contributed by atoms with Gasteiger partial charge in [0.2, 0.25) is 0 Å². The van der Waals surface area contributed by atoms with Gasteiger partial charge in [0.15, 0.2) is 0 Å². The van der Waals surface area contributed by atoms with Crippen LogP contribution in [0.15, 0.2) is 24.3 Å². The van der Waals surface area contributed by atoms with Crippen molar-refractivity contribution >= 4 is 11.8 Å². The van der Waals surface area contributed by atoms with Crippen molar-refractivity contribution in [3.8, 4) is 0 Å². The molecule has 0 amide bonds. The van der Waals surface area contributed by atoms with Gasteiger partial charge in [0.05, 0.1) is 5.69 Å². The molecule has 17 heavy (non-hydrogen) atoms. The molecule has 92 valence electrons. The van der Waals surface area contributed by atoms with Crippen LogP contribution in [0.3, 0.4) is 0 Å². The van der Waals surface area contributed by atoms with Crippen LogP contribution < -0.4 is 5.73 Å². The Hall–Kier alpha value is -1.31. The Kier molecular flexibility index (Phi) is 4.18. The van der Waals surface area contributed by atoms with Crippen LogP contribution in [-0.2, 0) is 0 Å². The summed E-state index contributed by atoms with van der Waals surface area (Å²) in [4.78, 5) is 0. The Morgan fingerprint density at radius 1 is 1.24 bits per heavy atom. The number of anilines is 1. The molecule has 2 heteroatoms. The lowest BCUT2D eigenvalue weighted by molar-refractivity contribution is 0.362. The molecule has 1 fully saturated rings. The quantitative estimate of drug-likeness (QED) is 0.770. The van der Waals surface area contributed by atoms with Crippen molar-refractivity contribution in [3.63, 3.8) is 0 Å². The molecule has 1 saturated carbocycles. The minimum Gasteiger partial charge on any atom is -0.396 e. The maximum Gasteiger partial charge on any atom is 0.146 e. The lowest BCUT2D eigenvalue weighted by atomic mass is 9.87. The zero-order chi connectivity index (χ0) is 12.1. The highest BCUT2D eigenvalue weighted by Crippen LogP contribution is 2.26. The van der Waals surface area contributed by atoms with E-state index in [9.17, 15) is 4.39 Å².